The number of nitrogens with one attached hydrogen (secondary N) is 1. The van der Waals surface area contributed by atoms with Gasteiger partial charge < -0.3 is 14.2 Å². The van der Waals surface area contributed by atoms with Crippen molar-refractivity contribution in [2.24, 2.45) is 0 Å². The molecule has 0 atom stereocenters. The van der Waals surface area contributed by atoms with Gasteiger partial charge in [0, 0.05) is 6.54 Å². The molecular weight excluding hydrogens is 246 g/mol. The van der Waals surface area contributed by atoms with Gasteiger partial charge in [0.05, 0.1) is 12.9 Å². The summed E-state index contributed by atoms with van der Waals surface area (Å²) in [6.45, 7) is 8.84. The first kappa shape index (κ1) is 15.5. The average Bonchev–Trinajstić information content (AvgIpc) is 2.36. The molecular formula is C14H21NO4. The molecule has 0 aliphatic carbocycles. The molecule has 0 bridgehead atoms. The summed E-state index contributed by atoms with van der Waals surface area (Å²) in [5.41, 5.74) is 5.06. The van der Waals surface area contributed by atoms with Crippen molar-refractivity contribution in [3.05, 3.63) is 42.2 Å². The molecule has 0 saturated carbocycles. The second-order valence-corrected chi connectivity index (χ2v) is 3.98. The second kappa shape index (κ2) is 9.38. The molecule has 0 aliphatic rings. The van der Waals surface area contributed by atoms with Crippen LogP contribution in [0.2, 0.25) is 0 Å². The number of ether oxygens (including phenoxy) is 3. The molecule has 0 spiro atoms. The van der Waals surface area contributed by atoms with Crippen LogP contribution in [0.15, 0.2) is 31.0 Å². The summed E-state index contributed by atoms with van der Waals surface area (Å²) in [5.74, 6) is 0.801. The number of hydrogen-bond donors (Lipinski definition) is 1. The Hall–Kier alpha value is -1.56. The molecule has 1 rings (SSSR count). The monoisotopic (exact) mass is 267 g/mol. The van der Waals surface area contributed by atoms with Gasteiger partial charge in [0.1, 0.15) is 5.75 Å². The Morgan fingerprint density at radius 2 is 1.89 bits per heavy atom. The van der Waals surface area contributed by atoms with Crippen molar-refractivity contribution < 1.29 is 19.0 Å². The Bertz CT molecular complexity index is 361. The summed E-state index contributed by atoms with van der Waals surface area (Å²) in [7, 11) is 0. The van der Waals surface area contributed by atoms with Gasteiger partial charge in [0.25, 0.3) is 0 Å². The van der Waals surface area contributed by atoms with E-state index in [1.807, 2.05) is 26.0 Å². The molecule has 0 fully saturated rings. The number of hydroxylamine groups is 1. The minimum Gasteiger partial charge on any atom is -0.476 e. The van der Waals surface area contributed by atoms with Gasteiger partial charge in [-0.3, -0.25) is 4.84 Å². The summed E-state index contributed by atoms with van der Waals surface area (Å²) in [4.78, 5) is 5.11. The third-order valence-corrected chi connectivity index (χ3v) is 2.20. The van der Waals surface area contributed by atoms with E-state index in [1.165, 1.54) is 17.4 Å². The van der Waals surface area contributed by atoms with Crippen molar-refractivity contribution in [1.82, 2.24) is 5.48 Å². The number of benzene rings is 1. The van der Waals surface area contributed by atoms with E-state index in [1.54, 1.807) is 0 Å². The summed E-state index contributed by atoms with van der Waals surface area (Å²) in [6.07, 6.45) is 1.33. The van der Waals surface area contributed by atoms with Crippen molar-refractivity contribution in [1.29, 1.82) is 0 Å². The summed E-state index contributed by atoms with van der Waals surface area (Å²) < 4.78 is 15.3. The van der Waals surface area contributed by atoms with Crippen LogP contribution in [0.4, 0.5) is 0 Å². The Labute approximate surface area is 114 Å². The molecule has 0 heterocycles. The van der Waals surface area contributed by atoms with Crippen LogP contribution in [0, 0.1) is 13.8 Å². The minimum absolute atomic E-state index is 0.145. The highest BCUT2D eigenvalue weighted by Gasteiger charge is 1.96. The molecule has 19 heavy (non-hydrogen) atoms. The summed E-state index contributed by atoms with van der Waals surface area (Å²) in [6, 6.07) is 6.02. The van der Waals surface area contributed by atoms with Crippen molar-refractivity contribution in [2.75, 3.05) is 26.7 Å². The van der Waals surface area contributed by atoms with Gasteiger partial charge in [-0.25, -0.2) is 0 Å². The highest BCUT2D eigenvalue weighted by Crippen LogP contribution is 2.15. The van der Waals surface area contributed by atoms with E-state index < -0.39 is 0 Å². The van der Waals surface area contributed by atoms with E-state index in [2.05, 4.69) is 18.1 Å². The molecule has 5 heteroatoms. The summed E-state index contributed by atoms with van der Waals surface area (Å²) in [5, 5.41) is 0. The van der Waals surface area contributed by atoms with Crippen LogP contribution < -0.4 is 10.2 Å². The molecule has 0 aliphatic heterocycles. The topological polar surface area (TPSA) is 49.0 Å². The van der Waals surface area contributed by atoms with Gasteiger partial charge >= 0.3 is 0 Å². The van der Waals surface area contributed by atoms with Crippen LogP contribution in [-0.4, -0.2) is 26.7 Å². The lowest BCUT2D eigenvalue weighted by Gasteiger charge is -2.09. The normalized spacial score (nSPS) is 10.2. The van der Waals surface area contributed by atoms with Gasteiger partial charge in [-0.1, -0.05) is 12.6 Å². The summed E-state index contributed by atoms with van der Waals surface area (Å²) >= 11 is 0. The zero-order chi connectivity index (χ0) is 13.9. The largest absolute Gasteiger partial charge is 0.476 e. The molecule has 0 unspecified atom stereocenters. The van der Waals surface area contributed by atoms with Gasteiger partial charge in [-0.2, -0.15) is 5.48 Å². The Kier molecular flexibility index (Phi) is 7.65. The molecule has 0 radical (unpaired) electrons. The zero-order valence-corrected chi connectivity index (χ0v) is 11.5. The molecule has 0 amide bonds. The molecule has 1 aromatic rings. The predicted octanol–water partition coefficient (Wildman–Crippen LogP) is 2.30. The maximum absolute atomic E-state index is 5.45. The highest BCUT2D eigenvalue weighted by atomic mass is 16.8. The van der Waals surface area contributed by atoms with Gasteiger partial charge in [0.2, 0.25) is 6.79 Å². The van der Waals surface area contributed by atoms with E-state index in [0.717, 1.165) is 5.75 Å². The minimum atomic E-state index is 0.145. The smallest absolute Gasteiger partial charge is 0.207 e. The zero-order valence-electron chi connectivity index (χ0n) is 11.5. The SMILES string of the molecule is C=COCOCCNOCOc1cc(C)cc(C)c1. The quantitative estimate of drug-likeness (QED) is 0.305. The van der Waals surface area contributed by atoms with Gasteiger partial charge in [0.15, 0.2) is 6.79 Å². The fraction of sp³-hybridized carbons (Fsp3) is 0.429. The standard InChI is InChI=1S/C14H21NO4/c1-4-16-10-17-6-5-15-19-11-18-14-8-12(2)7-13(3)9-14/h4,7-9,15H,1,5-6,10-11H2,2-3H3. The highest BCUT2D eigenvalue weighted by molar-refractivity contribution is 5.32. The van der Waals surface area contributed by atoms with Crippen LogP contribution in [0.1, 0.15) is 11.1 Å². The number of hydrogen-bond acceptors (Lipinski definition) is 5. The first-order chi connectivity index (χ1) is 9.22. The Morgan fingerprint density at radius 3 is 2.58 bits per heavy atom. The van der Waals surface area contributed by atoms with Crippen molar-refractivity contribution >= 4 is 0 Å². The molecule has 0 saturated heterocycles. The Balaban J connectivity index is 2.03. The van der Waals surface area contributed by atoms with Crippen molar-refractivity contribution in [2.45, 2.75) is 13.8 Å². The molecule has 0 aromatic heterocycles. The first-order valence-corrected chi connectivity index (χ1v) is 6.08. The van der Waals surface area contributed by atoms with Crippen LogP contribution >= 0.6 is 0 Å². The third kappa shape index (κ3) is 7.46. The third-order valence-electron chi connectivity index (χ3n) is 2.20. The van der Waals surface area contributed by atoms with Gasteiger partial charge in [-0.05, 0) is 37.1 Å². The second-order valence-electron chi connectivity index (χ2n) is 3.98. The van der Waals surface area contributed by atoms with Gasteiger partial charge in [-0.15, -0.1) is 0 Å². The van der Waals surface area contributed by atoms with Crippen LogP contribution in [0.3, 0.4) is 0 Å². The van der Waals surface area contributed by atoms with E-state index in [0.29, 0.717) is 13.2 Å². The lowest BCUT2D eigenvalue weighted by molar-refractivity contribution is -0.0663. The molecule has 5 nitrogen and oxygen atoms in total. The van der Waals surface area contributed by atoms with Crippen LogP contribution in [-0.2, 0) is 14.3 Å². The van der Waals surface area contributed by atoms with Crippen LogP contribution in [0.5, 0.6) is 5.75 Å². The van der Waals surface area contributed by atoms with E-state index >= 15 is 0 Å². The molecule has 106 valence electrons. The van der Waals surface area contributed by atoms with E-state index in [-0.39, 0.29) is 13.6 Å². The van der Waals surface area contributed by atoms with Crippen molar-refractivity contribution in [3.8, 4) is 5.75 Å². The van der Waals surface area contributed by atoms with Crippen LogP contribution in [0.25, 0.3) is 0 Å². The number of aryl methyl sites for hydroxylation is 2. The lowest BCUT2D eigenvalue weighted by atomic mass is 10.1. The fourth-order valence-electron chi connectivity index (χ4n) is 1.50. The fourth-order valence-corrected chi connectivity index (χ4v) is 1.50. The van der Waals surface area contributed by atoms with E-state index in [4.69, 9.17) is 19.0 Å². The maximum Gasteiger partial charge on any atom is 0.207 e. The lowest BCUT2D eigenvalue weighted by Crippen LogP contribution is -2.22. The average molecular weight is 267 g/mol. The first-order valence-electron chi connectivity index (χ1n) is 6.08. The predicted molar refractivity (Wildman–Crippen MR) is 72.6 cm³/mol. The van der Waals surface area contributed by atoms with Crippen molar-refractivity contribution in [3.63, 3.8) is 0 Å². The van der Waals surface area contributed by atoms with E-state index in [9.17, 15) is 0 Å². The maximum atomic E-state index is 5.45. The molecule has 1 N–H and O–H groups in total. The Morgan fingerprint density at radius 1 is 1.16 bits per heavy atom. The number of rotatable bonds is 10. The molecule has 1 aromatic carbocycles.